The standard InChI is InChI=1S/C11H12N6O/c12-10-15-8(4-9(18)16-10)7-5-17(6-7)11-13-2-1-3-14-11/h1-4,7H,5-6H2,(H3,12,15,16,18). The topological polar surface area (TPSA) is 101 Å². The molecule has 3 N–H and O–H groups in total. The van der Waals surface area contributed by atoms with Gasteiger partial charge in [-0.25, -0.2) is 15.0 Å². The Morgan fingerprint density at radius 2 is 2.06 bits per heavy atom. The molecule has 1 saturated heterocycles. The van der Waals surface area contributed by atoms with E-state index < -0.39 is 0 Å². The molecule has 0 atom stereocenters. The zero-order chi connectivity index (χ0) is 12.5. The Labute approximate surface area is 103 Å². The van der Waals surface area contributed by atoms with E-state index in [0.29, 0.717) is 5.95 Å². The molecule has 0 unspecified atom stereocenters. The van der Waals surface area contributed by atoms with Gasteiger partial charge >= 0.3 is 0 Å². The molecule has 2 aromatic rings. The molecule has 0 amide bonds. The van der Waals surface area contributed by atoms with Gasteiger partial charge in [0.15, 0.2) is 0 Å². The van der Waals surface area contributed by atoms with Crippen LogP contribution in [0.5, 0.6) is 0 Å². The Kier molecular flexibility index (Phi) is 2.44. The monoisotopic (exact) mass is 244 g/mol. The summed E-state index contributed by atoms with van der Waals surface area (Å²) in [5, 5.41) is 0. The summed E-state index contributed by atoms with van der Waals surface area (Å²) in [4.78, 5) is 28.2. The quantitative estimate of drug-likeness (QED) is 0.755. The molecular weight excluding hydrogens is 232 g/mol. The molecule has 0 aliphatic carbocycles. The number of aromatic nitrogens is 4. The molecule has 0 radical (unpaired) electrons. The summed E-state index contributed by atoms with van der Waals surface area (Å²) in [5.41, 5.74) is 6.03. The van der Waals surface area contributed by atoms with Crippen molar-refractivity contribution in [3.63, 3.8) is 0 Å². The average Bonchev–Trinajstić information content (AvgIpc) is 2.27. The first-order valence-corrected chi connectivity index (χ1v) is 5.61. The number of aromatic amines is 1. The third-order valence-corrected chi connectivity index (χ3v) is 2.91. The van der Waals surface area contributed by atoms with E-state index in [9.17, 15) is 4.79 Å². The van der Waals surface area contributed by atoms with Crippen LogP contribution in [-0.4, -0.2) is 33.0 Å². The summed E-state index contributed by atoms with van der Waals surface area (Å²) < 4.78 is 0. The van der Waals surface area contributed by atoms with Crippen molar-refractivity contribution >= 4 is 11.9 Å². The van der Waals surface area contributed by atoms with Crippen LogP contribution in [0.3, 0.4) is 0 Å². The van der Waals surface area contributed by atoms with E-state index in [2.05, 4.69) is 19.9 Å². The maximum Gasteiger partial charge on any atom is 0.252 e. The van der Waals surface area contributed by atoms with Gasteiger partial charge in [0.05, 0.1) is 5.69 Å². The highest BCUT2D eigenvalue weighted by Gasteiger charge is 2.31. The number of H-pyrrole nitrogens is 1. The summed E-state index contributed by atoms with van der Waals surface area (Å²) in [7, 11) is 0. The fourth-order valence-electron chi connectivity index (χ4n) is 1.99. The summed E-state index contributed by atoms with van der Waals surface area (Å²) in [6.07, 6.45) is 3.41. The summed E-state index contributed by atoms with van der Waals surface area (Å²) in [5.74, 6) is 1.07. The van der Waals surface area contributed by atoms with Gasteiger partial charge in [-0.3, -0.25) is 9.78 Å². The largest absolute Gasteiger partial charge is 0.369 e. The third-order valence-electron chi connectivity index (χ3n) is 2.91. The predicted molar refractivity (Wildman–Crippen MR) is 66.3 cm³/mol. The number of nitrogens with zero attached hydrogens (tertiary/aromatic N) is 4. The van der Waals surface area contributed by atoms with E-state index in [1.165, 1.54) is 6.07 Å². The van der Waals surface area contributed by atoms with Crippen LogP contribution in [0.15, 0.2) is 29.3 Å². The first-order chi connectivity index (χ1) is 8.72. The van der Waals surface area contributed by atoms with E-state index >= 15 is 0 Å². The lowest BCUT2D eigenvalue weighted by atomic mass is 9.96. The molecule has 7 heteroatoms. The van der Waals surface area contributed by atoms with Crippen molar-refractivity contribution in [1.82, 2.24) is 19.9 Å². The molecule has 1 aliphatic heterocycles. The first kappa shape index (κ1) is 10.7. The van der Waals surface area contributed by atoms with Gasteiger partial charge in [-0.15, -0.1) is 0 Å². The van der Waals surface area contributed by atoms with Crippen LogP contribution in [-0.2, 0) is 0 Å². The van der Waals surface area contributed by atoms with Crippen LogP contribution in [0.1, 0.15) is 11.6 Å². The van der Waals surface area contributed by atoms with E-state index in [-0.39, 0.29) is 17.4 Å². The van der Waals surface area contributed by atoms with Gasteiger partial charge < -0.3 is 10.6 Å². The lowest BCUT2D eigenvalue weighted by Crippen LogP contribution is -2.46. The molecule has 7 nitrogen and oxygen atoms in total. The van der Waals surface area contributed by atoms with Crippen molar-refractivity contribution in [2.24, 2.45) is 0 Å². The Balaban J connectivity index is 1.74. The molecule has 0 spiro atoms. The molecule has 3 rings (SSSR count). The van der Waals surface area contributed by atoms with Gasteiger partial charge in [0, 0.05) is 37.5 Å². The number of hydrogen-bond donors (Lipinski definition) is 2. The number of nitrogen functional groups attached to an aromatic ring is 1. The van der Waals surface area contributed by atoms with Gasteiger partial charge in [-0.2, -0.15) is 0 Å². The Bertz CT molecular complexity index is 604. The van der Waals surface area contributed by atoms with Crippen LogP contribution >= 0.6 is 0 Å². The minimum Gasteiger partial charge on any atom is -0.369 e. The SMILES string of the molecule is Nc1nc(C2CN(c3ncccn3)C2)cc(=O)[nH]1. The van der Waals surface area contributed by atoms with Crippen LogP contribution in [0.2, 0.25) is 0 Å². The molecule has 92 valence electrons. The molecule has 0 bridgehead atoms. The molecule has 18 heavy (non-hydrogen) atoms. The van der Waals surface area contributed by atoms with Crippen LogP contribution < -0.4 is 16.2 Å². The molecule has 0 saturated carbocycles. The second-order valence-electron chi connectivity index (χ2n) is 4.21. The highest BCUT2D eigenvalue weighted by atomic mass is 16.1. The first-order valence-electron chi connectivity index (χ1n) is 5.61. The zero-order valence-corrected chi connectivity index (χ0v) is 9.58. The van der Waals surface area contributed by atoms with Crippen molar-refractivity contribution in [3.05, 3.63) is 40.6 Å². The Morgan fingerprint density at radius 3 is 2.72 bits per heavy atom. The van der Waals surface area contributed by atoms with E-state index in [0.717, 1.165) is 18.8 Å². The van der Waals surface area contributed by atoms with Crippen molar-refractivity contribution < 1.29 is 0 Å². The Hall–Kier alpha value is -2.44. The summed E-state index contributed by atoms with van der Waals surface area (Å²) in [6, 6.07) is 3.27. The second kappa shape index (κ2) is 4.10. The van der Waals surface area contributed by atoms with Gasteiger partial charge in [-0.05, 0) is 6.07 Å². The lowest BCUT2D eigenvalue weighted by molar-refractivity contribution is 0.502. The molecule has 1 fully saturated rings. The van der Waals surface area contributed by atoms with Gasteiger partial charge in [0.2, 0.25) is 11.9 Å². The average molecular weight is 244 g/mol. The van der Waals surface area contributed by atoms with Gasteiger partial charge in [-0.1, -0.05) is 0 Å². The van der Waals surface area contributed by atoms with Crippen molar-refractivity contribution in [3.8, 4) is 0 Å². The van der Waals surface area contributed by atoms with E-state index in [1.807, 2.05) is 4.90 Å². The summed E-state index contributed by atoms with van der Waals surface area (Å²) in [6.45, 7) is 1.50. The highest BCUT2D eigenvalue weighted by molar-refractivity contribution is 5.37. The van der Waals surface area contributed by atoms with Gasteiger partial charge in [0.25, 0.3) is 5.56 Å². The molecule has 2 aromatic heterocycles. The zero-order valence-electron chi connectivity index (χ0n) is 9.58. The molecule has 0 aromatic carbocycles. The molecular formula is C11H12N6O. The highest BCUT2D eigenvalue weighted by Crippen LogP contribution is 2.27. The van der Waals surface area contributed by atoms with E-state index in [4.69, 9.17) is 5.73 Å². The minimum absolute atomic E-state index is 0.159. The van der Waals surface area contributed by atoms with Crippen molar-refractivity contribution in [1.29, 1.82) is 0 Å². The normalized spacial score (nSPS) is 15.4. The second-order valence-corrected chi connectivity index (χ2v) is 4.21. The smallest absolute Gasteiger partial charge is 0.252 e. The molecule has 1 aliphatic rings. The number of anilines is 2. The maximum atomic E-state index is 11.3. The van der Waals surface area contributed by atoms with Crippen molar-refractivity contribution in [2.45, 2.75) is 5.92 Å². The Morgan fingerprint density at radius 1 is 1.33 bits per heavy atom. The third kappa shape index (κ3) is 1.90. The number of nitrogens with one attached hydrogen (secondary N) is 1. The van der Waals surface area contributed by atoms with Gasteiger partial charge in [0.1, 0.15) is 0 Å². The number of hydrogen-bond acceptors (Lipinski definition) is 6. The number of nitrogens with two attached hydrogens (primary N) is 1. The van der Waals surface area contributed by atoms with Crippen LogP contribution in [0, 0.1) is 0 Å². The predicted octanol–water partition coefficient (Wildman–Crippen LogP) is -0.254. The van der Waals surface area contributed by atoms with Crippen LogP contribution in [0.4, 0.5) is 11.9 Å². The fourth-order valence-corrected chi connectivity index (χ4v) is 1.99. The molecule has 3 heterocycles. The maximum absolute atomic E-state index is 11.3. The number of rotatable bonds is 2. The lowest BCUT2D eigenvalue weighted by Gasteiger charge is -2.38. The summed E-state index contributed by atoms with van der Waals surface area (Å²) >= 11 is 0. The minimum atomic E-state index is -0.216. The fraction of sp³-hybridized carbons (Fsp3) is 0.273. The van der Waals surface area contributed by atoms with Crippen molar-refractivity contribution in [2.75, 3.05) is 23.7 Å². The van der Waals surface area contributed by atoms with Crippen LogP contribution in [0.25, 0.3) is 0 Å². The van der Waals surface area contributed by atoms with E-state index in [1.54, 1.807) is 18.5 Å².